The minimum Gasteiger partial charge on any atom is -0.432 e. The molecule has 2 saturated carbocycles. The van der Waals surface area contributed by atoms with Gasteiger partial charge in [0.2, 0.25) is 17.9 Å². The maximum Gasteiger partial charge on any atom is 0.311 e. The zero-order chi connectivity index (χ0) is 33.8. The van der Waals surface area contributed by atoms with Gasteiger partial charge in [-0.15, -0.1) is 0 Å². The first kappa shape index (κ1) is 35.8. The molecule has 13 nitrogen and oxygen atoms in total. The predicted octanol–water partition coefficient (Wildman–Crippen LogP) is 3.57. The Morgan fingerprint density at radius 3 is 1.77 bits per heavy atom. The summed E-state index contributed by atoms with van der Waals surface area (Å²) in [6, 6.07) is 0. The van der Waals surface area contributed by atoms with E-state index in [-0.39, 0.29) is 62.4 Å². The van der Waals surface area contributed by atoms with E-state index in [2.05, 4.69) is 20.8 Å². The minimum absolute atomic E-state index is 0.00903. The van der Waals surface area contributed by atoms with Crippen LogP contribution < -0.4 is 0 Å². The highest BCUT2D eigenvalue weighted by molar-refractivity contribution is 5.74. The van der Waals surface area contributed by atoms with E-state index in [1.807, 2.05) is 20.8 Å². The fraction of sp³-hybridized carbons (Fsp3) is 0.971. The van der Waals surface area contributed by atoms with Crippen LogP contribution in [-0.2, 0) is 48.0 Å². The number of hydrogen-bond acceptors (Lipinski definition) is 13. The van der Waals surface area contributed by atoms with Gasteiger partial charge in [0.05, 0.1) is 32.3 Å². The fourth-order valence-corrected chi connectivity index (χ4v) is 9.99. The molecule has 8 heterocycles. The second-order valence-corrected chi connectivity index (χ2v) is 15.5. The second kappa shape index (κ2) is 13.6. The monoisotopic (exact) mass is 672 g/mol. The normalized spacial score (nSPS) is 52.3. The van der Waals surface area contributed by atoms with Gasteiger partial charge in [-0.2, -0.15) is 0 Å². The van der Waals surface area contributed by atoms with Gasteiger partial charge in [0, 0.05) is 36.5 Å². The van der Waals surface area contributed by atoms with Gasteiger partial charge in [0.25, 0.3) is 0 Å². The number of aliphatic hydroxyl groups is 3. The van der Waals surface area contributed by atoms with Gasteiger partial charge in [-0.25, -0.2) is 19.6 Å². The Balaban J connectivity index is 0.000000149. The van der Waals surface area contributed by atoms with Crippen molar-refractivity contribution in [2.45, 2.75) is 135 Å². The lowest BCUT2D eigenvalue weighted by molar-refractivity contribution is -0.577. The Hall–Kier alpha value is -0.970. The highest BCUT2D eigenvalue weighted by Gasteiger charge is 2.71. The summed E-state index contributed by atoms with van der Waals surface area (Å²) in [5, 5.41) is 24.3. The summed E-state index contributed by atoms with van der Waals surface area (Å²) < 4.78 is 29.8. The van der Waals surface area contributed by atoms with Crippen molar-refractivity contribution >= 4 is 5.97 Å². The number of carbonyl (C=O) groups excluding carboxylic acids is 1. The molecule has 0 aromatic heterocycles. The van der Waals surface area contributed by atoms with Crippen molar-refractivity contribution in [3.05, 3.63) is 0 Å². The van der Waals surface area contributed by atoms with Crippen LogP contribution in [0, 0.1) is 47.3 Å². The molecule has 0 amide bonds. The molecule has 2 aliphatic carbocycles. The Bertz CT molecular complexity index is 1110. The first-order chi connectivity index (χ1) is 22.4. The molecular formula is C34H56O13. The Morgan fingerprint density at radius 2 is 1.21 bits per heavy atom. The van der Waals surface area contributed by atoms with E-state index in [0.29, 0.717) is 23.7 Å². The Morgan fingerprint density at radius 1 is 0.681 bits per heavy atom. The minimum atomic E-state index is -0.793. The van der Waals surface area contributed by atoms with E-state index >= 15 is 0 Å². The lowest BCUT2D eigenvalue weighted by Crippen LogP contribution is -2.70. The molecule has 4 bridgehead atoms. The third kappa shape index (κ3) is 5.98. The average Bonchev–Trinajstić information content (AvgIpc) is 3.43. The molecule has 8 saturated heterocycles. The van der Waals surface area contributed by atoms with Crippen molar-refractivity contribution in [3.63, 3.8) is 0 Å². The highest BCUT2D eigenvalue weighted by Crippen LogP contribution is 2.61. The molecule has 47 heavy (non-hydrogen) atoms. The van der Waals surface area contributed by atoms with Crippen LogP contribution in [0.5, 0.6) is 0 Å². The van der Waals surface area contributed by atoms with Crippen LogP contribution in [0.25, 0.3) is 0 Å². The largest absolute Gasteiger partial charge is 0.432 e. The van der Waals surface area contributed by atoms with E-state index in [1.54, 1.807) is 0 Å². The molecular weight excluding hydrogens is 616 g/mol. The topological polar surface area (TPSA) is 161 Å². The number of carbonyl (C=O) groups is 1. The second-order valence-electron chi connectivity index (χ2n) is 15.5. The third-order valence-electron chi connectivity index (χ3n) is 12.5. The summed E-state index contributed by atoms with van der Waals surface area (Å²) in [6.45, 7) is 12.4. The number of aliphatic hydroxyl groups excluding tert-OH is 3. The van der Waals surface area contributed by atoms with Crippen LogP contribution in [-0.4, -0.2) is 89.4 Å². The predicted molar refractivity (Wildman–Crippen MR) is 162 cm³/mol. The summed E-state index contributed by atoms with van der Waals surface area (Å²) in [6.07, 6.45) is 6.48. The van der Waals surface area contributed by atoms with Crippen molar-refractivity contribution in [1.29, 1.82) is 0 Å². The Kier molecular flexibility index (Phi) is 10.4. The molecule has 4 unspecified atom stereocenters. The Labute approximate surface area is 277 Å². The number of hydrogen-bond donors (Lipinski definition) is 3. The standard InChI is InChI=1S/C17H28O6.C15H22O5.C2H6O2/c1-10-4-5-13-11(2)14(19-9-8-18)20-15-17(13)12(10)6-7-16(3,21-15)22-23-17;1-8-4-5-11-9(2)12(16)17-13-15(11)10(8)6-7-14(3,18-13)19-20-15;3-1-2-4/h10-15,18H,4-9H2,1-3H3;8-11,13H,4-7H2,1-3H3;3-4H,1-2H2/t10-,11-,12?,13?,14+,15-,16+,17-;8-,9-,10?,11?,13-,14+,15-;/m11./s1. The van der Waals surface area contributed by atoms with Crippen molar-refractivity contribution in [1.82, 2.24) is 0 Å². The van der Waals surface area contributed by atoms with Gasteiger partial charge in [0.15, 0.2) is 23.8 Å². The maximum absolute atomic E-state index is 12.1. The van der Waals surface area contributed by atoms with Crippen molar-refractivity contribution in [2.75, 3.05) is 26.4 Å². The number of ether oxygens (including phenoxy) is 5. The first-order valence-electron chi connectivity index (χ1n) is 17.8. The zero-order valence-corrected chi connectivity index (χ0v) is 28.8. The van der Waals surface area contributed by atoms with Crippen molar-refractivity contribution < 1.29 is 63.3 Å². The lowest BCUT2D eigenvalue weighted by Gasteiger charge is -2.60. The van der Waals surface area contributed by atoms with E-state index in [4.69, 9.17) is 58.6 Å². The van der Waals surface area contributed by atoms with E-state index < -0.39 is 35.4 Å². The molecule has 0 aromatic rings. The van der Waals surface area contributed by atoms with Crippen LogP contribution in [0.2, 0.25) is 0 Å². The SMILES string of the molecule is C[C@@H]1CCC2[C@@H](C)C(=O)O[C@@H]3O[C@]4(C)CCC1[C@@]23OO4.C[C@@H]1CCC2[C@@H](C)[C@@H](OCCO)O[C@@H]3O[C@]4(C)CCC1[C@@]23OO4.OCCO. The quantitative estimate of drug-likeness (QED) is 0.294. The molecule has 2 spiro atoms. The molecule has 15 atom stereocenters. The summed E-state index contributed by atoms with van der Waals surface area (Å²) in [5.74, 6) is 0.488. The van der Waals surface area contributed by atoms with Gasteiger partial charge < -0.3 is 39.0 Å². The van der Waals surface area contributed by atoms with Gasteiger partial charge >= 0.3 is 5.97 Å². The highest BCUT2D eigenvalue weighted by atomic mass is 17.3. The maximum atomic E-state index is 12.1. The smallest absolute Gasteiger partial charge is 0.311 e. The van der Waals surface area contributed by atoms with Crippen LogP contribution in [0.4, 0.5) is 0 Å². The summed E-state index contributed by atoms with van der Waals surface area (Å²) in [7, 11) is 0. The summed E-state index contributed by atoms with van der Waals surface area (Å²) in [4.78, 5) is 35.5. The molecule has 3 N–H and O–H groups in total. The molecule has 0 radical (unpaired) electrons. The number of esters is 1. The number of fused-ring (bicyclic) bond motifs is 4. The van der Waals surface area contributed by atoms with Gasteiger partial charge in [-0.3, -0.25) is 4.79 Å². The third-order valence-corrected chi connectivity index (χ3v) is 12.5. The molecule has 13 heteroatoms. The van der Waals surface area contributed by atoms with Gasteiger partial charge in [0.1, 0.15) is 0 Å². The molecule has 8 aliphatic heterocycles. The first-order valence-corrected chi connectivity index (χ1v) is 17.8. The molecule has 10 fully saturated rings. The molecule has 270 valence electrons. The summed E-state index contributed by atoms with van der Waals surface area (Å²) in [5.41, 5.74) is -1.15. The molecule has 10 rings (SSSR count). The van der Waals surface area contributed by atoms with Crippen LogP contribution >= 0.6 is 0 Å². The summed E-state index contributed by atoms with van der Waals surface area (Å²) >= 11 is 0. The van der Waals surface area contributed by atoms with Crippen molar-refractivity contribution in [3.8, 4) is 0 Å². The lowest BCUT2D eigenvalue weighted by atomic mass is 9.58. The molecule has 10 aliphatic rings. The van der Waals surface area contributed by atoms with Crippen LogP contribution in [0.15, 0.2) is 0 Å². The van der Waals surface area contributed by atoms with Gasteiger partial charge in [-0.1, -0.05) is 27.7 Å². The zero-order valence-electron chi connectivity index (χ0n) is 28.8. The fourth-order valence-electron chi connectivity index (χ4n) is 9.99. The van der Waals surface area contributed by atoms with Crippen LogP contribution in [0.3, 0.4) is 0 Å². The average molecular weight is 673 g/mol. The van der Waals surface area contributed by atoms with Gasteiger partial charge in [-0.05, 0) is 70.1 Å². The van der Waals surface area contributed by atoms with Crippen LogP contribution in [0.1, 0.15) is 92.9 Å². The molecule has 0 aromatic carbocycles. The van der Waals surface area contributed by atoms with E-state index in [1.165, 1.54) is 6.42 Å². The van der Waals surface area contributed by atoms with E-state index in [0.717, 1.165) is 44.9 Å². The van der Waals surface area contributed by atoms with E-state index in [9.17, 15) is 4.79 Å². The van der Waals surface area contributed by atoms with Crippen molar-refractivity contribution in [2.24, 2.45) is 47.3 Å². The number of rotatable bonds is 4.